The summed E-state index contributed by atoms with van der Waals surface area (Å²) in [5.74, 6) is -3.92. The number of rotatable bonds is 18. The van der Waals surface area contributed by atoms with Crippen LogP contribution in [-0.2, 0) is 38.1 Å². The van der Waals surface area contributed by atoms with Gasteiger partial charge >= 0.3 is 23.9 Å². The molecule has 2 fully saturated rings. The van der Waals surface area contributed by atoms with Gasteiger partial charge in [-0.1, -0.05) is 146 Å². The van der Waals surface area contributed by atoms with Crippen molar-refractivity contribution in [1.29, 1.82) is 0 Å². The number of likely N-dealkylation sites (tertiary alicyclic amines) is 2. The molecule has 456 valence electrons. The summed E-state index contributed by atoms with van der Waals surface area (Å²) in [6.45, 7) is 14.9. The van der Waals surface area contributed by atoms with Crippen LogP contribution in [-0.4, -0.2) is 108 Å². The molecule has 0 aliphatic carbocycles. The smallest absolute Gasteiger partial charge is 0.337 e. The summed E-state index contributed by atoms with van der Waals surface area (Å²) < 4.78 is 22.7. The van der Waals surface area contributed by atoms with Crippen LogP contribution >= 0.6 is 0 Å². The molecule has 0 saturated carbocycles. The van der Waals surface area contributed by atoms with Gasteiger partial charge in [0.2, 0.25) is 0 Å². The molecule has 6 aromatic carbocycles. The van der Waals surface area contributed by atoms with Crippen molar-refractivity contribution >= 4 is 35.3 Å². The lowest BCUT2D eigenvalue weighted by atomic mass is 9.80. The van der Waals surface area contributed by atoms with Gasteiger partial charge < -0.3 is 29.6 Å². The SMILES string of the molecule is COC(=O)C1=C(C)NC(C)=C(C(=O)O[C@@]2(C)CCN(CC(c3ccccc3)c3ccccc3)C2)[C@H]1c1cccc([N+](=O)[O-])c1.COC(=O)C1=C(C)NC(C)=C(C(=O)O[C@]2(C)CCN(CC(c3ccccc3)c3ccccc3)C2)[C@H]1c1cccc([N+](=O)[O-])c1. The van der Waals surface area contributed by atoms with E-state index in [1.807, 2.05) is 86.6 Å². The van der Waals surface area contributed by atoms with Gasteiger partial charge in [-0.25, -0.2) is 19.2 Å². The van der Waals surface area contributed by atoms with Gasteiger partial charge in [-0.15, -0.1) is 0 Å². The normalized spacial score (nSPS) is 20.4. The quantitative estimate of drug-likeness (QED) is 0.0353. The van der Waals surface area contributed by atoms with Crippen molar-refractivity contribution < 1.29 is 48.0 Å². The van der Waals surface area contributed by atoms with E-state index in [4.69, 9.17) is 18.9 Å². The first kappa shape index (κ1) is 63.0. The Hall–Kier alpha value is -9.52. The Balaban J connectivity index is 0.000000209. The zero-order valence-electron chi connectivity index (χ0n) is 50.8. The van der Waals surface area contributed by atoms with Crippen LogP contribution in [0.15, 0.2) is 215 Å². The van der Waals surface area contributed by atoms with E-state index in [-0.39, 0.29) is 45.5 Å². The molecule has 0 unspecified atom stereocenters. The van der Waals surface area contributed by atoms with Gasteiger partial charge in [0.25, 0.3) is 11.4 Å². The molecule has 4 aliphatic rings. The van der Waals surface area contributed by atoms with Crippen LogP contribution in [0.3, 0.4) is 0 Å². The Morgan fingerprint density at radius 1 is 0.477 bits per heavy atom. The summed E-state index contributed by atoms with van der Waals surface area (Å²) in [6.07, 6.45) is 1.27. The highest BCUT2D eigenvalue weighted by atomic mass is 16.6. The molecule has 10 rings (SSSR count). The summed E-state index contributed by atoms with van der Waals surface area (Å²) in [4.78, 5) is 81.0. The first-order valence-electron chi connectivity index (χ1n) is 29.3. The molecular weight excluding hydrogens is 1120 g/mol. The number of nitrogens with one attached hydrogen (secondary N) is 2. The van der Waals surface area contributed by atoms with Crippen molar-refractivity contribution in [3.05, 3.63) is 269 Å². The number of hydrogen-bond acceptors (Lipinski definition) is 16. The molecule has 0 spiro atoms. The van der Waals surface area contributed by atoms with Crippen LogP contribution in [0.4, 0.5) is 11.4 Å². The number of nitrogens with zero attached hydrogens (tertiary/aromatic N) is 4. The number of non-ortho nitro benzene ring substituents is 2. The van der Waals surface area contributed by atoms with E-state index in [9.17, 15) is 39.4 Å². The first-order chi connectivity index (χ1) is 42.2. The van der Waals surface area contributed by atoms with Gasteiger partial charge in [0.15, 0.2) is 0 Å². The number of carbonyl (C=O) groups excluding carboxylic acids is 4. The lowest BCUT2D eigenvalue weighted by Crippen LogP contribution is -2.39. The molecule has 6 aromatic rings. The molecule has 0 amide bonds. The van der Waals surface area contributed by atoms with Crippen LogP contribution in [0.5, 0.6) is 0 Å². The zero-order chi connectivity index (χ0) is 62.9. The number of methoxy groups -OCH3 is 2. The van der Waals surface area contributed by atoms with Crippen LogP contribution in [0.25, 0.3) is 0 Å². The van der Waals surface area contributed by atoms with E-state index in [1.54, 1.807) is 52.0 Å². The summed E-state index contributed by atoms with van der Waals surface area (Å²) >= 11 is 0. The topological polar surface area (TPSA) is 222 Å². The average Bonchev–Trinajstić information content (AvgIpc) is 2.52. The average molecular weight is 1190 g/mol. The predicted octanol–water partition coefficient (Wildman–Crippen LogP) is 11.7. The maximum Gasteiger partial charge on any atom is 0.337 e. The van der Waals surface area contributed by atoms with Gasteiger partial charge in [0.1, 0.15) is 11.2 Å². The van der Waals surface area contributed by atoms with Crippen molar-refractivity contribution in [2.45, 2.75) is 89.3 Å². The first-order valence-corrected chi connectivity index (χ1v) is 29.3. The molecule has 0 bridgehead atoms. The standard InChI is InChI=1S/2C35H37N3O6/c2*1-23-30(33(39)43-4)32(27-16-11-17-28(20-27)38(41)42)31(24(2)36-23)34(40)44-35(3)18-19-37(22-35)21-29(25-12-7-5-8-13-25)26-14-9-6-10-15-26/h2*5-17,20,29,32,36H,18-19,21-22H2,1-4H3/t32-,35+;32-,35-/m00/s1. The van der Waals surface area contributed by atoms with E-state index < -0.39 is 56.8 Å². The maximum absolute atomic E-state index is 14.1. The van der Waals surface area contributed by atoms with Gasteiger partial charge in [-0.2, -0.15) is 0 Å². The number of nitro groups is 2. The second-order valence-corrected chi connectivity index (χ2v) is 23.4. The van der Waals surface area contributed by atoms with Crippen molar-refractivity contribution in [2.24, 2.45) is 0 Å². The highest BCUT2D eigenvalue weighted by Crippen LogP contribution is 2.44. The minimum atomic E-state index is -0.905. The molecule has 2 saturated heterocycles. The van der Waals surface area contributed by atoms with Crippen LogP contribution in [0.1, 0.15) is 111 Å². The number of ether oxygens (including phenoxy) is 4. The lowest BCUT2D eigenvalue weighted by molar-refractivity contribution is -0.385. The highest BCUT2D eigenvalue weighted by molar-refractivity contribution is 6.01. The molecule has 4 aliphatic heterocycles. The second kappa shape index (κ2) is 27.5. The van der Waals surface area contributed by atoms with Gasteiger partial charge in [0.05, 0.1) is 58.2 Å². The fourth-order valence-corrected chi connectivity index (χ4v) is 12.7. The predicted molar refractivity (Wildman–Crippen MR) is 333 cm³/mol. The minimum absolute atomic E-state index is 0.141. The number of benzene rings is 6. The molecule has 0 radical (unpaired) electrons. The fourth-order valence-electron chi connectivity index (χ4n) is 12.7. The summed E-state index contributed by atoms with van der Waals surface area (Å²) in [5.41, 5.74) is 6.80. The monoisotopic (exact) mass is 1190 g/mol. The maximum atomic E-state index is 14.1. The summed E-state index contributed by atoms with van der Waals surface area (Å²) in [7, 11) is 2.53. The third-order valence-electron chi connectivity index (χ3n) is 17.0. The van der Waals surface area contributed by atoms with E-state index in [1.165, 1.54) is 60.7 Å². The third kappa shape index (κ3) is 14.3. The van der Waals surface area contributed by atoms with Crippen molar-refractivity contribution in [2.75, 3.05) is 53.5 Å². The molecule has 18 nitrogen and oxygen atoms in total. The molecule has 18 heteroatoms. The van der Waals surface area contributed by atoms with E-state index in [0.29, 0.717) is 59.8 Å². The molecule has 4 heterocycles. The number of dihydropyridines is 2. The highest BCUT2D eigenvalue weighted by Gasteiger charge is 2.46. The van der Waals surface area contributed by atoms with Gasteiger partial charge in [-0.3, -0.25) is 30.0 Å². The summed E-state index contributed by atoms with van der Waals surface area (Å²) in [5, 5.41) is 29.5. The van der Waals surface area contributed by atoms with Crippen molar-refractivity contribution in [1.82, 2.24) is 20.4 Å². The van der Waals surface area contributed by atoms with E-state index in [2.05, 4.69) is 69.0 Å². The molecule has 2 N–H and O–H groups in total. The van der Waals surface area contributed by atoms with Gasteiger partial charge in [0, 0.05) is 111 Å². The van der Waals surface area contributed by atoms with Crippen molar-refractivity contribution in [3.8, 4) is 0 Å². The Labute approximate surface area is 512 Å². The van der Waals surface area contributed by atoms with E-state index >= 15 is 0 Å². The molecular formula is C70H74N6O12. The number of esters is 4. The molecule has 0 aromatic heterocycles. The van der Waals surface area contributed by atoms with Crippen LogP contribution in [0.2, 0.25) is 0 Å². The Kier molecular flexibility index (Phi) is 19.7. The van der Waals surface area contributed by atoms with E-state index in [0.717, 1.165) is 26.2 Å². The van der Waals surface area contributed by atoms with Crippen LogP contribution in [0, 0.1) is 20.2 Å². The number of nitro benzene ring substituents is 2. The second-order valence-electron chi connectivity index (χ2n) is 23.4. The largest absolute Gasteiger partial charge is 0.466 e. The summed E-state index contributed by atoms with van der Waals surface area (Å²) in [6, 6.07) is 53.5. The third-order valence-corrected chi connectivity index (χ3v) is 17.0. The number of hydrogen-bond donors (Lipinski definition) is 2. The number of carbonyl (C=O) groups is 4. The Bertz CT molecular complexity index is 3400. The van der Waals surface area contributed by atoms with Crippen LogP contribution < -0.4 is 10.6 Å². The molecule has 88 heavy (non-hydrogen) atoms. The lowest BCUT2D eigenvalue weighted by Gasteiger charge is -2.33. The zero-order valence-corrected chi connectivity index (χ0v) is 50.8. The minimum Gasteiger partial charge on any atom is -0.466 e. The number of allylic oxidation sites excluding steroid dienone is 4. The Morgan fingerprint density at radius 2 is 0.773 bits per heavy atom. The molecule has 4 atom stereocenters. The van der Waals surface area contributed by atoms with Crippen molar-refractivity contribution in [3.63, 3.8) is 0 Å². The Morgan fingerprint density at radius 3 is 1.06 bits per heavy atom. The fraction of sp³-hybridized carbons (Fsp3) is 0.314. The van der Waals surface area contributed by atoms with Gasteiger partial charge in [-0.05, 0) is 74.9 Å².